The monoisotopic (exact) mass is 350 g/mol. The zero-order chi connectivity index (χ0) is 15.6. The number of nitrogen functional groups attached to an aromatic ring is 1. The Morgan fingerprint density at radius 2 is 2.14 bits per heavy atom. The minimum Gasteiger partial charge on any atom is -0.482 e. The Morgan fingerprint density at radius 1 is 1.43 bits per heavy atom. The molecule has 0 bridgehead atoms. The van der Waals surface area contributed by atoms with Gasteiger partial charge in [-0.05, 0) is 41.9 Å². The molecule has 0 aliphatic heterocycles. The summed E-state index contributed by atoms with van der Waals surface area (Å²) in [7, 11) is 0. The van der Waals surface area contributed by atoms with Crippen LogP contribution in [0.25, 0.3) is 0 Å². The van der Waals surface area contributed by atoms with Crippen molar-refractivity contribution in [1.29, 1.82) is 0 Å². The zero-order valence-corrected chi connectivity index (χ0v) is 13.2. The van der Waals surface area contributed by atoms with Gasteiger partial charge in [0.15, 0.2) is 11.6 Å². The molecule has 2 rings (SSSR count). The summed E-state index contributed by atoms with van der Waals surface area (Å²) in [6, 6.07) is 6.84. The lowest BCUT2D eigenvalue weighted by atomic mass is 10.0. The van der Waals surface area contributed by atoms with Crippen molar-refractivity contribution in [2.45, 2.75) is 20.0 Å². The molecule has 6 heteroatoms. The number of carboxylic acid groups (broad SMARTS) is 1. The van der Waals surface area contributed by atoms with Crippen molar-refractivity contribution in [1.82, 2.24) is 4.98 Å². The number of nitrogens with zero attached hydrogens (tertiary/aromatic N) is 1. The van der Waals surface area contributed by atoms with Crippen LogP contribution in [0.3, 0.4) is 0 Å². The van der Waals surface area contributed by atoms with Crippen molar-refractivity contribution in [3.63, 3.8) is 0 Å². The van der Waals surface area contributed by atoms with E-state index in [1.54, 1.807) is 37.4 Å². The molecule has 5 nitrogen and oxygen atoms in total. The molecular weight excluding hydrogens is 336 g/mol. The maximum atomic E-state index is 11.3. The fourth-order valence-electron chi connectivity index (χ4n) is 1.99. The summed E-state index contributed by atoms with van der Waals surface area (Å²) in [5, 5.41) is 9.27. The number of aromatic nitrogens is 1. The standard InChI is InChI=1S/C15H15BrN2O3/c1-8-3-4-11(15(19)20)12(5-8)9(2)21-13-6-10(16)7-18-14(13)17/h3-7,9H,1-2H3,(H2,17,18)(H,19,20)/t9-/m1/s1. The number of anilines is 1. The van der Waals surface area contributed by atoms with Crippen molar-refractivity contribution in [3.8, 4) is 5.75 Å². The van der Waals surface area contributed by atoms with E-state index in [1.807, 2.05) is 6.92 Å². The fraction of sp³-hybridized carbons (Fsp3) is 0.200. The first-order valence-electron chi connectivity index (χ1n) is 6.30. The second kappa shape index (κ2) is 6.13. The number of carbonyl (C=O) groups is 1. The molecule has 2 aromatic rings. The van der Waals surface area contributed by atoms with Crippen LogP contribution in [0, 0.1) is 6.92 Å². The molecular formula is C15H15BrN2O3. The number of aromatic carboxylic acids is 1. The normalized spacial score (nSPS) is 12.0. The average molecular weight is 351 g/mol. The van der Waals surface area contributed by atoms with E-state index in [4.69, 9.17) is 10.5 Å². The van der Waals surface area contributed by atoms with Crippen molar-refractivity contribution in [2.24, 2.45) is 0 Å². The van der Waals surface area contributed by atoms with Crippen LogP contribution in [-0.4, -0.2) is 16.1 Å². The smallest absolute Gasteiger partial charge is 0.336 e. The lowest BCUT2D eigenvalue weighted by Gasteiger charge is -2.18. The van der Waals surface area contributed by atoms with Gasteiger partial charge in [0, 0.05) is 16.2 Å². The summed E-state index contributed by atoms with van der Waals surface area (Å²) >= 11 is 3.30. The fourth-order valence-corrected chi connectivity index (χ4v) is 2.30. The third-order valence-electron chi connectivity index (χ3n) is 3.03. The van der Waals surface area contributed by atoms with Gasteiger partial charge in [-0.15, -0.1) is 0 Å². The number of nitrogens with two attached hydrogens (primary N) is 1. The molecule has 21 heavy (non-hydrogen) atoms. The van der Waals surface area contributed by atoms with Crippen LogP contribution in [0.4, 0.5) is 5.82 Å². The summed E-state index contributed by atoms with van der Waals surface area (Å²) < 4.78 is 6.51. The Balaban J connectivity index is 2.36. The van der Waals surface area contributed by atoms with Gasteiger partial charge in [-0.3, -0.25) is 0 Å². The SMILES string of the molecule is Cc1ccc(C(=O)O)c([C@@H](C)Oc2cc(Br)cnc2N)c1. The number of rotatable bonds is 4. The van der Waals surface area contributed by atoms with Gasteiger partial charge in [0.25, 0.3) is 0 Å². The van der Waals surface area contributed by atoms with Gasteiger partial charge in [0.2, 0.25) is 0 Å². The first-order chi connectivity index (χ1) is 9.88. The Kier molecular flexibility index (Phi) is 4.47. The quantitative estimate of drug-likeness (QED) is 0.880. The Bertz CT molecular complexity index is 689. The third-order valence-corrected chi connectivity index (χ3v) is 3.46. The van der Waals surface area contributed by atoms with E-state index in [9.17, 15) is 9.90 Å². The molecule has 0 radical (unpaired) electrons. The number of pyridine rings is 1. The number of benzene rings is 1. The molecule has 1 aromatic heterocycles. The van der Waals surface area contributed by atoms with Crippen LogP contribution in [-0.2, 0) is 0 Å². The maximum Gasteiger partial charge on any atom is 0.336 e. The van der Waals surface area contributed by atoms with Crippen LogP contribution in [0.5, 0.6) is 5.75 Å². The highest BCUT2D eigenvalue weighted by Crippen LogP contribution is 2.30. The van der Waals surface area contributed by atoms with Gasteiger partial charge in [0.1, 0.15) is 6.10 Å². The predicted octanol–water partition coefficient (Wildman–Crippen LogP) is 3.57. The summed E-state index contributed by atoms with van der Waals surface area (Å²) in [6.45, 7) is 3.68. The lowest BCUT2D eigenvalue weighted by Crippen LogP contribution is -2.11. The van der Waals surface area contributed by atoms with Gasteiger partial charge >= 0.3 is 5.97 Å². The van der Waals surface area contributed by atoms with Gasteiger partial charge < -0.3 is 15.6 Å². The second-order valence-electron chi connectivity index (χ2n) is 4.69. The van der Waals surface area contributed by atoms with Crippen molar-refractivity contribution < 1.29 is 14.6 Å². The lowest BCUT2D eigenvalue weighted by molar-refractivity contribution is 0.0691. The first-order valence-corrected chi connectivity index (χ1v) is 7.09. The maximum absolute atomic E-state index is 11.3. The highest BCUT2D eigenvalue weighted by Gasteiger charge is 2.18. The van der Waals surface area contributed by atoms with Crippen LogP contribution < -0.4 is 10.5 Å². The Labute approximate surface area is 130 Å². The van der Waals surface area contributed by atoms with Crippen molar-refractivity contribution in [3.05, 3.63) is 51.6 Å². The van der Waals surface area contributed by atoms with Gasteiger partial charge in [0.05, 0.1) is 5.56 Å². The minimum atomic E-state index is -0.985. The largest absolute Gasteiger partial charge is 0.482 e. The Morgan fingerprint density at radius 3 is 2.81 bits per heavy atom. The predicted molar refractivity (Wildman–Crippen MR) is 83.5 cm³/mol. The molecule has 1 atom stereocenters. The molecule has 3 N–H and O–H groups in total. The molecule has 110 valence electrons. The number of hydrogen-bond donors (Lipinski definition) is 2. The summed E-state index contributed by atoms with van der Waals surface area (Å²) in [6.07, 6.45) is 1.11. The first kappa shape index (κ1) is 15.3. The van der Waals surface area contributed by atoms with E-state index >= 15 is 0 Å². The molecule has 0 aliphatic rings. The molecule has 0 unspecified atom stereocenters. The molecule has 0 spiro atoms. The average Bonchev–Trinajstić information content (AvgIpc) is 2.42. The van der Waals surface area contributed by atoms with Crippen LogP contribution in [0.2, 0.25) is 0 Å². The van der Waals surface area contributed by atoms with E-state index in [2.05, 4.69) is 20.9 Å². The van der Waals surface area contributed by atoms with Crippen LogP contribution >= 0.6 is 15.9 Å². The van der Waals surface area contributed by atoms with Crippen molar-refractivity contribution in [2.75, 3.05) is 5.73 Å². The molecule has 0 saturated heterocycles. The molecule has 1 aromatic carbocycles. The molecule has 0 fully saturated rings. The molecule has 0 amide bonds. The van der Waals surface area contributed by atoms with Crippen molar-refractivity contribution >= 4 is 27.7 Å². The second-order valence-corrected chi connectivity index (χ2v) is 5.61. The highest BCUT2D eigenvalue weighted by molar-refractivity contribution is 9.10. The van der Waals surface area contributed by atoms with E-state index in [0.29, 0.717) is 11.3 Å². The Hall–Kier alpha value is -2.08. The summed E-state index contributed by atoms with van der Waals surface area (Å²) in [4.78, 5) is 15.3. The summed E-state index contributed by atoms with van der Waals surface area (Å²) in [5.74, 6) is -0.315. The zero-order valence-electron chi connectivity index (χ0n) is 11.6. The van der Waals surface area contributed by atoms with E-state index in [-0.39, 0.29) is 11.4 Å². The number of aryl methyl sites for hydroxylation is 1. The topological polar surface area (TPSA) is 85.4 Å². The van der Waals surface area contributed by atoms with E-state index in [0.717, 1.165) is 10.0 Å². The van der Waals surface area contributed by atoms with Gasteiger partial charge in [-0.2, -0.15) is 0 Å². The number of hydrogen-bond acceptors (Lipinski definition) is 4. The van der Waals surface area contributed by atoms with Gasteiger partial charge in [-0.1, -0.05) is 17.7 Å². The van der Waals surface area contributed by atoms with Crippen LogP contribution in [0.1, 0.15) is 34.5 Å². The highest BCUT2D eigenvalue weighted by atomic mass is 79.9. The minimum absolute atomic E-state index is 0.217. The molecule has 0 aliphatic carbocycles. The van der Waals surface area contributed by atoms with Crippen LogP contribution in [0.15, 0.2) is 34.9 Å². The number of halogens is 1. The summed E-state index contributed by atoms with van der Waals surface area (Å²) in [5.41, 5.74) is 7.55. The van der Waals surface area contributed by atoms with E-state index in [1.165, 1.54) is 0 Å². The van der Waals surface area contributed by atoms with Gasteiger partial charge in [-0.25, -0.2) is 9.78 Å². The van der Waals surface area contributed by atoms with E-state index < -0.39 is 12.1 Å². The molecule has 0 saturated carbocycles. The number of ether oxygens (including phenoxy) is 1. The third kappa shape index (κ3) is 3.52. The number of carboxylic acids is 1. The molecule has 1 heterocycles.